The number of hydrogen-bond acceptors (Lipinski definition) is 2. The second-order valence-electron chi connectivity index (χ2n) is 3.83. The molecular formula is C10H7F5N2O. The standard InChI is InChI=1S/C10H7F5N2O/c11-4-5(12)7(14)9(8(15)6(4)13)16-17-10(18)3-1-2-3/h3,16H,1-2H2,(H,17,18). The van der Waals surface area contributed by atoms with E-state index in [1.54, 1.807) is 5.43 Å². The lowest BCUT2D eigenvalue weighted by Gasteiger charge is -2.11. The van der Waals surface area contributed by atoms with Gasteiger partial charge in [0.1, 0.15) is 5.69 Å². The van der Waals surface area contributed by atoms with E-state index >= 15 is 0 Å². The van der Waals surface area contributed by atoms with Crippen LogP contribution in [-0.2, 0) is 4.79 Å². The number of halogens is 5. The smallest absolute Gasteiger partial charge is 0.241 e. The van der Waals surface area contributed by atoms with Crippen LogP contribution in [0, 0.1) is 35.0 Å². The molecule has 8 heteroatoms. The topological polar surface area (TPSA) is 41.1 Å². The third-order valence-electron chi connectivity index (χ3n) is 2.47. The molecular weight excluding hydrogens is 259 g/mol. The number of amides is 1. The lowest BCUT2D eigenvalue weighted by Crippen LogP contribution is -2.32. The van der Waals surface area contributed by atoms with Crippen LogP contribution in [0.15, 0.2) is 0 Å². The fourth-order valence-electron chi connectivity index (χ4n) is 1.29. The second-order valence-corrected chi connectivity index (χ2v) is 3.83. The molecule has 0 spiro atoms. The fourth-order valence-corrected chi connectivity index (χ4v) is 1.29. The predicted octanol–water partition coefficient (Wildman–Crippen LogP) is 2.24. The summed E-state index contributed by atoms with van der Waals surface area (Å²) >= 11 is 0. The molecule has 1 aliphatic carbocycles. The molecule has 0 heterocycles. The molecule has 2 rings (SSSR count). The molecule has 0 radical (unpaired) electrons. The summed E-state index contributed by atoms with van der Waals surface area (Å²) < 4.78 is 64.5. The van der Waals surface area contributed by atoms with E-state index in [4.69, 9.17) is 0 Å². The molecule has 1 aliphatic rings. The van der Waals surface area contributed by atoms with Gasteiger partial charge in [0, 0.05) is 5.92 Å². The van der Waals surface area contributed by atoms with Gasteiger partial charge in [-0.05, 0) is 12.8 Å². The van der Waals surface area contributed by atoms with E-state index in [1.807, 2.05) is 5.43 Å². The zero-order chi connectivity index (χ0) is 13.4. The summed E-state index contributed by atoms with van der Waals surface area (Å²) in [5.74, 6) is -11.3. The summed E-state index contributed by atoms with van der Waals surface area (Å²) in [7, 11) is 0. The maximum absolute atomic E-state index is 13.1. The van der Waals surface area contributed by atoms with Gasteiger partial charge in [-0.3, -0.25) is 15.6 Å². The molecule has 98 valence electrons. The van der Waals surface area contributed by atoms with Gasteiger partial charge in [-0.15, -0.1) is 0 Å². The van der Waals surface area contributed by atoms with Crippen molar-refractivity contribution < 1.29 is 26.7 Å². The normalized spacial score (nSPS) is 14.5. The molecule has 1 aromatic rings. The summed E-state index contributed by atoms with van der Waals surface area (Å²) in [6, 6.07) is 0. The Labute approximate surface area is 97.9 Å². The van der Waals surface area contributed by atoms with Gasteiger partial charge in [-0.1, -0.05) is 0 Å². The van der Waals surface area contributed by atoms with Gasteiger partial charge < -0.3 is 0 Å². The molecule has 1 aromatic carbocycles. The van der Waals surface area contributed by atoms with Crippen LogP contribution < -0.4 is 10.9 Å². The van der Waals surface area contributed by atoms with Crippen LogP contribution in [0.5, 0.6) is 0 Å². The van der Waals surface area contributed by atoms with Crippen molar-refractivity contribution in [3.8, 4) is 0 Å². The molecule has 3 nitrogen and oxygen atoms in total. The van der Waals surface area contributed by atoms with E-state index < -0.39 is 40.7 Å². The minimum absolute atomic E-state index is 0.279. The van der Waals surface area contributed by atoms with Gasteiger partial charge in [-0.25, -0.2) is 22.0 Å². The van der Waals surface area contributed by atoms with Crippen molar-refractivity contribution in [3.63, 3.8) is 0 Å². The Morgan fingerprint density at radius 1 is 0.889 bits per heavy atom. The third-order valence-corrected chi connectivity index (χ3v) is 2.47. The van der Waals surface area contributed by atoms with Gasteiger partial charge in [0.25, 0.3) is 0 Å². The van der Waals surface area contributed by atoms with Gasteiger partial charge in [-0.2, -0.15) is 0 Å². The molecule has 2 N–H and O–H groups in total. The van der Waals surface area contributed by atoms with E-state index in [0.29, 0.717) is 12.8 Å². The van der Waals surface area contributed by atoms with Gasteiger partial charge in [0.05, 0.1) is 0 Å². The number of hydrazine groups is 1. The summed E-state index contributed by atoms with van der Waals surface area (Å²) in [5.41, 5.74) is 2.33. The van der Waals surface area contributed by atoms with E-state index in [0.717, 1.165) is 0 Å². The van der Waals surface area contributed by atoms with Crippen molar-refractivity contribution in [3.05, 3.63) is 29.1 Å². The summed E-state index contributed by atoms with van der Waals surface area (Å²) in [6.45, 7) is 0. The molecule has 0 aliphatic heterocycles. The number of carbonyl (C=O) groups excluding carboxylic acids is 1. The molecule has 0 aromatic heterocycles. The number of nitrogens with one attached hydrogen (secondary N) is 2. The Bertz CT molecular complexity index is 486. The largest absolute Gasteiger partial charge is 0.293 e. The van der Waals surface area contributed by atoms with Crippen LogP contribution in [0.4, 0.5) is 27.6 Å². The van der Waals surface area contributed by atoms with Crippen molar-refractivity contribution in [1.29, 1.82) is 0 Å². The zero-order valence-corrected chi connectivity index (χ0v) is 8.79. The zero-order valence-electron chi connectivity index (χ0n) is 8.79. The van der Waals surface area contributed by atoms with Crippen molar-refractivity contribution in [2.45, 2.75) is 12.8 Å². The third kappa shape index (κ3) is 2.09. The predicted molar refractivity (Wildman–Crippen MR) is 50.7 cm³/mol. The quantitative estimate of drug-likeness (QED) is 0.381. The van der Waals surface area contributed by atoms with Gasteiger partial charge in [0.15, 0.2) is 23.3 Å². The average Bonchev–Trinajstić information content (AvgIpc) is 3.18. The Kier molecular flexibility index (Phi) is 3.10. The van der Waals surface area contributed by atoms with Crippen LogP contribution in [0.1, 0.15) is 12.8 Å². The molecule has 1 saturated carbocycles. The number of carbonyl (C=O) groups is 1. The van der Waals surface area contributed by atoms with E-state index in [2.05, 4.69) is 0 Å². The lowest BCUT2D eigenvalue weighted by molar-refractivity contribution is -0.121. The van der Waals surface area contributed by atoms with Crippen LogP contribution >= 0.6 is 0 Å². The number of anilines is 1. The monoisotopic (exact) mass is 266 g/mol. The maximum atomic E-state index is 13.1. The first kappa shape index (κ1) is 12.6. The Hall–Kier alpha value is -1.86. The average molecular weight is 266 g/mol. The summed E-state index contributed by atoms with van der Waals surface area (Å²) in [6.07, 6.45) is 1.26. The molecule has 0 atom stereocenters. The fraction of sp³-hybridized carbons (Fsp3) is 0.300. The second kappa shape index (κ2) is 4.43. The molecule has 0 bridgehead atoms. The maximum Gasteiger partial charge on any atom is 0.241 e. The Balaban J connectivity index is 2.23. The molecule has 1 amide bonds. The van der Waals surface area contributed by atoms with Crippen LogP contribution in [0.2, 0.25) is 0 Å². The van der Waals surface area contributed by atoms with Crippen molar-refractivity contribution in [2.24, 2.45) is 5.92 Å². The highest BCUT2D eigenvalue weighted by atomic mass is 19.2. The lowest BCUT2D eigenvalue weighted by atomic mass is 10.2. The SMILES string of the molecule is O=C(NNc1c(F)c(F)c(F)c(F)c1F)C1CC1. The number of rotatable bonds is 3. The van der Waals surface area contributed by atoms with E-state index in [1.165, 1.54) is 0 Å². The van der Waals surface area contributed by atoms with Crippen molar-refractivity contribution in [2.75, 3.05) is 5.43 Å². The Morgan fingerprint density at radius 3 is 1.78 bits per heavy atom. The Morgan fingerprint density at radius 2 is 1.33 bits per heavy atom. The molecule has 0 unspecified atom stereocenters. The number of benzene rings is 1. The first-order chi connectivity index (χ1) is 8.43. The highest BCUT2D eigenvalue weighted by Crippen LogP contribution is 2.29. The minimum atomic E-state index is -2.25. The molecule has 1 fully saturated rings. The van der Waals surface area contributed by atoms with Crippen molar-refractivity contribution >= 4 is 11.6 Å². The van der Waals surface area contributed by atoms with E-state index in [9.17, 15) is 26.7 Å². The molecule has 0 saturated heterocycles. The van der Waals surface area contributed by atoms with Crippen LogP contribution in [-0.4, -0.2) is 5.91 Å². The minimum Gasteiger partial charge on any atom is -0.293 e. The first-order valence-electron chi connectivity index (χ1n) is 5.00. The van der Waals surface area contributed by atoms with Crippen LogP contribution in [0.25, 0.3) is 0 Å². The molecule has 18 heavy (non-hydrogen) atoms. The first-order valence-corrected chi connectivity index (χ1v) is 5.00. The van der Waals surface area contributed by atoms with Crippen molar-refractivity contribution in [1.82, 2.24) is 5.43 Å². The summed E-state index contributed by atoms with van der Waals surface area (Å²) in [4.78, 5) is 11.2. The van der Waals surface area contributed by atoms with Gasteiger partial charge in [0.2, 0.25) is 11.7 Å². The summed E-state index contributed by atoms with van der Waals surface area (Å²) in [5, 5.41) is 0. The highest BCUT2D eigenvalue weighted by Gasteiger charge is 2.31. The van der Waals surface area contributed by atoms with Gasteiger partial charge >= 0.3 is 0 Å². The highest BCUT2D eigenvalue weighted by molar-refractivity contribution is 5.82. The number of hydrogen-bond donors (Lipinski definition) is 2. The van der Waals surface area contributed by atoms with Crippen LogP contribution in [0.3, 0.4) is 0 Å². The van der Waals surface area contributed by atoms with E-state index in [-0.39, 0.29) is 5.92 Å².